The van der Waals surface area contributed by atoms with Crippen molar-refractivity contribution in [3.8, 4) is 11.1 Å². The molecule has 11 heteroatoms. The quantitative estimate of drug-likeness (QED) is 0.164. The van der Waals surface area contributed by atoms with Gasteiger partial charge in [-0.05, 0) is 71.6 Å². The third-order valence-corrected chi connectivity index (χ3v) is 9.36. The predicted molar refractivity (Wildman–Crippen MR) is 179 cm³/mol. The van der Waals surface area contributed by atoms with Crippen LogP contribution in [0.5, 0.6) is 0 Å². The number of fused-ring (bicyclic) bond motifs is 2. The van der Waals surface area contributed by atoms with Gasteiger partial charge < -0.3 is 19.6 Å². The number of amides is 2. The van der Waals surface area contributed by atoms with Gasteiger partial charge in [0.2, 0.25) is 0 Å². The number of halogens is 3. The zero-order valence-electron chi connectivity index (χ0n) is 26.9. The van der Waals surface area contributed by atoms with E-state index in [4.69, 9.17) is 0 Å². The van der Waals surface area contributed by atoms with E-state index in [1.54, 1.807) is 48.4 Å². The van der Waals surface area contributed by atoms with E-state index in [2.05, 4.69) is 4.90 Å². The smallest absolute Gasteiger partial charge is 0.417 e. The van der Waals surface area contributed by atoms with Crippen LogP contribution < -0.4 is 9.63 Å². The van der Waals surface area contributed by atoms with E-state index in [-0.39, 0.29) is 23.9 Å². The lowest BCUT2D eigenvalue weighted by Crippen LogP contribution is -2.48. The molecular formula is C38H34F3N5O3. The lowest BCUT2D eigenvalue weighted by molar-refractivity contribution is -0.605. The maximum Gasteiger partial charge on any atom is 0.417 e. The van der Waals surface area contributed by atoms with Crippen LogP contribution in [-0.4, -0.2) is 52.4 Å². The Morgan fingerprint density at radius 3 is 2.33 bits per heavy atom. The lowest BCUT2D eigenvalue weighted by atomic mass is 9.94. The maximum atomic E-state index is 14.2. The van der Waals surface area contributed by atoms with Gasteiger partial charge in [-0.15, -0.1) is 0 Å². The molecule has 0 aliphatic carbocycles. The minimum Gasteiger partial charge on any atom is -0.619 e. The van der Waals surface area contributed by atoms with E-state index in [0.717, 1.165) is 27.6 Å². The second-order valence-corrected chi connectivity index (χ2v) is 12.5. The van der Waals surface area contributed by atoms with Crippen LogP contribution in [0.4, 0.5) is 18.9 Å². The molecule has 0 radical (unpaired) electrons. The largest absolute Gasteiger partial charge is 0.619 e. The molecule has 7 rings (SSSR count). The Kier molecular flexibility index (Phi) is 8.45. The van der Waals surface area contributed by atoms with E-state index in [1.807, 2.05) is 51.9 Å². The SMILES string of the molecule is Cc1cc(C(=O)N2Cc3ccc(C(=O)N4CCN(Cc5ccc[n+]([O-])c5)CC4)n3Cc3ccccc32)ccc1-c1ccccc1C(F)(F)F. The molecule has 2 aromatic heterocycles. The van der Waals surface area contributed by atoms with E-state index in [1.165, 1.54) is 18.3 Å². The van der Waals surface area contributed by atoms with Crippen molar-refractivity contribution in [1.82, 2.24) is 14.4 Å². The van der Waals surface area contributed by atoms with E-state index >= 15 is 0 Å². The molecule has 0 unspecified atom stereocenters. The Hall–Kier alpha value is -5.42. The third-order valence-electron chi connectivity index (χ3n) is 9.36. The van der Waals surface area contributed by atoms with Crippen LogP contribution in [0, 0.1) is 12.1 Å². The van der Waals surface area contributed by atoms with Crippen LogP contribution >= 0.6 is 0 Å². The summed E-state index contributed by atoms with van der Waals surface area (Å²) in [6.45, 7) is 5.42. The summed E-state index contributed by atoms with van der Waals surface area (Å²) in [6.07, 6.45) is -1.49. The number of nitrogens with zero attached hydrogens (tertiary/aromatic N) is 5. The Morgan fingerprint density at radius 2 is 1.57 bits per heavy atom. The van der Waals surface area contributed by atoms with Gasteiger partial charge in [0, 0.05) is 61.3 Å². The minimum absolute atomic E-state index is 0.0659. The van der Waals surface area contributed by atoms with Crippen molar-refractivity contribution in [1.29, 1.82) is 0 Å². The second-order valence-electron chi connectivity index (χ2n) is 12.5. The first-order valence-electron chi connectivity index (χ1n) is 16.1. The molecular weight excluding hydrogens is 631 g/mol. The molecule has 4 heterocycles. The average Bonchev–Trinajstić information content (AvgIpc) is 3.40. The predicted octanol–water partition coefficient (Wildman–Crippen LogP) is 6.28. The number of carbonyl (C=O) groups is 2. The topological polar surface area (TPSA) is 75.7 Å². The highest BCUT2D eigenvalue weighted by Gasteiger charge is 2.34. The molecule has 0 bridgehead atoms. The fourth-order valence-electron chi connectivity index (χ4n) is 6.87. The number of piperazine rings is 1. The van der Waals surface area contributed by atoms with Gasteiger partial charge in [0.15, 0.2) is 12.4 Å². The summed E-state index contributed by atoms with van der Waals surface area (Å²) in [5.74, 6) is -0.364. The van der Waals surface area contributed by atoms with Crippen molar-refractivity contribution in [3.63, 3.8) is 0 Å². The number of rotatable bonds is 5. The Balaban J connectivity index is 1.12. The number of hydrogen-bond acceptors (Lipinski definition) is 4. The highest BCUT2D eigenvalue weighted by molar-refractivity contribution is 6.07. The second kappa shape index (κ2) is 12.9. The van der Waals surface area contributed by atoms with Gasteiger partial charge in [0.05, 0.1) is 18.7 Å². The molecule has 250 valence electrons. The van der Waals surface area contributed by atoms with Crippen molar-refractivity contribution < 1.29 is 27.5 Å². The van der Waals surface area contributed by atoms with Crippen LogP contribution in [0.25, 0.3) is 11.1 Å². The molecule has 0 saturated carbocycles. The summed E-state index contributed by atoms with van der Waals surface area (Å²) < 4.78 is 44.1. The molecule has 5 aromatic rings. The van der Waals surface area contributed by atoms with Gasteiger partial charge in [0.1, 0.15) is 5.69 Å². The summed E-state index contributed by atoms with van der Waals surface area (Å²) >= 11 is 0. The van der Waals surface area contributed by atoms with Gasteiger partial charge in [-0.25, -0.2) is 0 Å². The van der Waals surface area contributed by atoms with E-state index in [9.17, 15) is 28.0 Å². The molecule has 49 heavy (non-hydrogen) atoms. The van der Waals surface area contributed by atoms with Crippen LogP contribution in [0.3, 0.4) is 0 Å². The fraction of sp³-hybridized carbons (Fsp3) is 0.237. The fourth-order valence-corrected chi connectivity index (χ4v) is 6.87. The molecule has 1 saturated heterocycles. The number of benzene rings is 3. The first-order chi connectivity index (χ1) is 23.6. The molecule has 2 amide bonds. The number of aryl methyl sites for hydroxylation is 1. The number of alkyl halides is 3. The van der Waals surface area contributed by atoms with Crippen molar-refractivity contribution in [2.75, 3.05) is 31.1 Å². The third kappa shape index (κ3) is 6.41. The summed E-state index contributed by atoms with van der Waals surface area (Å²) in [7, 11) is 0. The monoisotopic (exact) mass is 665 g/mol. The van der Waals surface area contributed by atoms with Crippen LogP contribution in [0.1, 0.15) is 48.8 Å². The first-order valence-corrected chi connectivity index (χ1v) is 16.1. The highest BCUT2D eigenvalue weighted by atomic mass is 19.4. The zero-order valence-corrected chi connectivity index (χ0v) is 26.9. The molecule has 2 aliphatic rings. The molecule has 1 fully saturated rings. The zero-order chi connectivity index (χ0) is 34.3. The number of hydrogen-bond donors (Lipinski definition) is 0. The number of carbonyl (C=O) groups excluding carboxylic acids is 2. The van der Waals surface area contributed by atoms with E-state index in [0.29, 0.717) is 67.3 Å². The summed E-state index contributed by atoms with van der Waals surface area (Å²) in [4.78, 5) is 33.8. The van der Waals surface area contributed by atoms with Gasteiger partial charge >= 0.3 is 6.18 Å². The van der Waals surface area contributed by atoms with Crippen molar-refractivity contribution in [2.24, 2.45) is 0 Å². The van der Waals surface area contributed by atoms with Crippen molar-refractivity contribution >= 4 is 17.5 Å². The average molecular weight is 666 g/mol. The van der Waals surface area contributed by atoms with Crippen LogP contribution in [-0.2, 0) is 25.8 Å². The number of anilines is 1. The maximum absolute atomic E-state index is 14.2. The first kappa shape index (κ1) is 32.1. The van der Waals surface area contributed by atoms with Gasteiger partial charge in [0.25, 0.3) is 11.8 Å². The summed E-state index contributed by atoms with van der Waals surface area (Å²) in [6, 6.07) is 25.2. The van der Waals surface area contributed by atoms with Crippen LogP contribution in [0.15, 0.2) is 103 Å². The molecule has 0 spiro atoms. The standard InChI is InChI=1S/C38H34F3N5O3/c1-26-21-28(12-14-31(26)32-9-3-4-10-33(32)38(39,40)41)36(47)46-25-30-13-15-35(45(30)24-29-8-2-5-11-34(29)46)37(48)43-19-17-42(18-20-43)22-27-7-6-16-44(49)23-27/h2-16,21,23H,17-20,22,24-25H2,1H3. The molecule has 2 aliphatic heterocycles. The molecule has 3 aromatic carbocycles. The van der Waals surface area contributed by atoms with E-state index < -0.39 is 11.7 Å². The number of aromatic nitrogens is 2. The Bertz CT molecular complexity index is 2050. The number of para-hydroxylation sites is 1. The van der Waals surface area contributed by atoms with Crippen LogP contribution in [0.2, 0.25) is 0 Å². The lowest BCUT2D eigenvalue weighted by Gasteiger charge is -2.34. The highest BCUT2D eigenvalue weighted by Crippen LogP contribution is 2.38. The van der Waals surface area contributed by atoms with Gasteiger partial charge in [-0.1, -0.05) is 42.5 Å². The Morgan fingerprint density at radius 1 is 0.816 bits per heavy atom. The normalized spacial score (nSPS) is 15.0. The van der Waals surface area contributed by atoms with Gasteiger partial charge in [-0.2, -0.15) is 17.9 Å². The van der Waals surface area contributed by atoms with Crippen molar-refractivity contribution in [3.05, 3.63) is 148 Å². The van der Waals surface area contributed by atoms with Crippen molar-refractivity contribution in [2.45, 2.75) is 32.7 Å². The Labute approximate surface area is 281 Å². The molecule has 0 N–H and O–H groups in total. The van der Waals surface area contributed by atoms with Gasteiger partial charge in [-0.3, -0.25) is 14.5 Å². The molecule has 0 atom stereocenters. The summed E-state index contributed by atoms with van der Waals surface area (Å²) in [5, 5.41) is 11.7. The summed E-state index contributed by atoms with van der Waals surface area (Å²) in [5.41, 5.74) is 4.52. The number of pyridine rings is 1. The minimum atomic E-state index is -4.51. The molecule has 8 nitrogen and oxygen atoms in total.